The predicted octanol–water partition coefficient (Wildman–Crippen LogP) is 2.42. The molecule has 0 atom stereocenters. The van der Waals surface area contributed by atoms with Gasteiger partial charge in [-0.05, 0) is 18.6 Å². The molecule has 1 heterocycles. The highest BCUT2D eigenvalue weighted by Gasteiger charge is 2.16. The lowest BCUT2D eigenvalue weighted by Gasteiger charge is -2.03. The van der Waals surface area contributed by atoms with Gasteiger partial charge in [0.25, 0.3) is 0 Å². The van der Waals surface area contributed by atoms with Crippen molar-refractivity contribution in [2.75, 3.05) is 0 Å². The first-order valence-corrected chi connectivity index (χ1v) is 4.62. The molecule has 0 radical (unpaired) electrons. The first kappa shape index (κ1) is 10.8. The van der Waals surface area contributed by atoms with Crippen LogP contribution in [0.1, 0.15) is 11.3 Å². The summed E-state index contributed by atoms with van der Waals surface area (Å²) in [7, 11) is 0. The fraction of sp³-hybridized carbons (Fsp3) is 0.182. The lowest BCUT2D eigenvalue weighted by atomic mass is 10.1. The molecule has 1 N–H and O–H groups in total. The van der Waals surface area contributed by atoms with Crippen molar-refractivity contribution in [3.63, 3.8) is 0 Å². The third-order valence-electron chi connectivity index (χ3n) is 2.28. The number of rotatable bonds is 2. The summed E-state index contributed by atoms with van der Waals surface area (Å²) in [5.41, 5.74) is 0.627. The molecule has 0 unspecified atom stereocenters. The smallest absolute Gasteiger partial charge is 0.181 e. The van der Waals surface area contributed by atoms with Crippen molar-refractivity contribution in [3.05, 3.63) is 41.4 Å². The molecule has 1 aromatic carbocycles. The van der Waals surface area contributed by atoms with E-state index in [0.717, 1.165) is 12.5 Å². The fourth-order valence-corrected chi connectivity index (χ4v) is 1.43. The summed E-state index contributed by atoms with van der Waals surface area (Å²) in [5, 5.41) is 8.96. The number of oxazole rings is 1. The summed E-state index contributed by atoms with van der Waals surface area (Å²) in [5.74, 6) is -1.23. The van der Waals surface area contributed by atoms with Crippen molar-refractivity contribution in [1.82, 2.24) is 4.98 Å². The normalized spacial score (nSPS) is 10.8. The lowest BCUT2D eigenvalue weighted by Crippen LogP contribution is -1.93. The summed E-state index contributed by atoms with van der Waals surface area (Å²) < 4.78 is 31.5. The molecule has 16 heavy (non-hydrogen) atoms. The van der Waals surface area contributed by atoms with E-state index < -0.39 is 11.6 Å². The van der Waals surface area contributed by atoms with Crippen LogP contribution in [0.4, 0.5) is 8.78 Å². The van der Waals surface area contributed by atoms with Crippen molar-refractivity contribution >= 4 is 0 Å². The van der Waals surface area contributed by atoms with Crippen molar-refractivity contribution < 1.29 is 18.3 Å². The molecule has 2 rings (SSSR count). The van der Waals surface area contributed by atoms with Crippen LogP contribution in [0, 0.1) is 18.6 Å². The Morgan fingerprint density at radius 1 is 1.31 bits per heavy atom. The Morgan fingerprint density at radius 3 is 2.75 bits per heavy atom. The number of hydrogen-bond donors (Lipinski definition) is 1. The first-order chi connectivity index (χ1) is 7.63. The van der Waals surface area contributed by atoms with Crippen LogP contribution in [0.2, 0.25) is 0 Å². The van der Waals surface area contributed by atoms with Gasteiger partial charge >= 0.3 is 0 Å². The van der Waals surface area contributed by atoms with Gasteiger partial charge < -0.3 is 9.52 Å². The second-order valence-electron chi connectivity index (χ2n) is 3.37. The van der Waals surface area contributed by atoms with Crippen molar-refractivity contribution in [2.24, 2.45) is 0 Å². The average molecular weight is 225 g/mol. The molecular formula is C11H9F2NO2. The third kappa shape index (κ3) is 1.69. The van der Waals surface area contributed by atoms with Gasteiger partial charge in [0.15, 0.2) is 12.2 Å². The molecule has 0 aliphatic heterocycles. The molecule has 0 amide bonds. The lowest BCUT2D eigenvalue weighted by molar-refractivity contribution is 0.277. The van der Waals surface area contributed by atoms with Crippen LogP contribution in [-0.4, -0.2) is 10.1 Å². The van der Waals surface area contributed by atoms with E-state index in [1.54, 1.807) is 0 Å². The second kappa shape index (κ2) is 4.02. The van der Waals surface area contributed by atoms with Gasteiger partial charge in [0.05, 0.1) is 12.2 Å². The maximum absolute atomic E-state index is 13.5. The van der Waals surface area contributed by atoms with Gasteiger partial charge in [-0.1, -0.05) is 0 Å². The highest BCUT2D eigenvalue weighted by atomic mass is 19.1. The van der Waals surface area contributed by atoms with E-state index in [0.29, 0.717) is 5.56 Å². The van der Waals surface area contributed by atoms with E-state index >= 15 is 0 Å². The quantitative estimate of drug-likeness (QED) is 0.853. The Bertz CT molecular complexity index is 523. The molecular weight excluding hydrogens is 216 g/mol. The average Bonchev–Trinajstić information content (AvgIpc) is 2.71. The number of benzene rings is 1. The van der Waals surface area contributed by atoms with E-state index in [4.69, 9.17) is 9.52 Å². The maximum atomic E-state index is 13.5. The minimum atomic E-state index is -0.741. The molecule has 0 bridgehead atoms. The maximum Gasteiger partial charge on any atom is 0.181 e. The summed E-state index contributed by atoms with van der Waals surface area (Å²) in [6.07, 6.45) is 1.11. The number of hydrogen-bond acceptors (Lipinski definition) is 3. The van der Waals surface area contributed by atoms with Crippen LogP contribution >= 0.6 is 0 Å². The summed E-state index contributed by atoms with van der Waals surface area (Å²) >= 11 is 0. The fourth-order valence-electron chi connectivity index (χ4n) is 1.43. The van der Waals surface area contributed by atoms with Crippen molar-refractivity contribution in [2.45, 2.75) is 13.5 Å². The van der Waals surface area contributed by atoms with Crippen molar-refractivity contribution in [1.29, 1.82) is 0 Å². The topological polar surface area (TPSA) is 46.3 Å². The first-order valence-electron chi connectivity index (χ1n) is 4.62. The Hall–Kier alpha value is -1.75. The van der Waals surface area contributed by atoms with Crippen LogP contribution in [0.3, 0.4) is 0 Å². The molecule has 0 aliphatic rings. The highest BCUT2D eigenvalue weighted by Crippen LogP contribution is 2.28. The van der Waals surface area contributed by atoms with Crippen LogP contribution < -0.4 is 0 Å². The molecule has 3 nitrogen and oxygen atoms in total. The third-order valence-corrected chi connectivity index (χ3v) is 2.28. The number of aliphatic hydroxyl groups excluding tert-OH is 1. The SMILES string of the molecule is Cc1cc(-c2ocnc2CO)c(F)cc1F. The molecule has 2 aromatic rings. The standard InChI is InChI=1S/C11H9F2NO2/c1-6-2-7(9(13)3-8(6)12)11-10(4-15)14-5-16-11/h2-3,5,15H,4H2,1H3. The molecule has 84 valence electrons. The number of aromatic nitrogens is 1. The Morgan fingerprint density at radius 2 is 2.06 bits per heavy atom. The highest BCUT2D eigenvalue weighted by molar-refractivity contribution is 5.61. The predicted molar refractivity (Wildman–Crippen MR) is 52.5 cm³/mol. The Kier molecular flexibility index (Phi) is 2.70. The van der Waals surface area contributed by atoms with Gasteiger partial charge in [-0.25, -0.2) is 13.8 Å². The zero-order chi connectivity index (χ0) is 11.7. The van der Waals surface area contributed by atoms with Gasteiger partial charge in [0.2, 0.25) is 0 Å². The molecule has 0 aliphatic carbocycles. The molecule has 5 heteroatoms. The number of aryl methyl sites for hydroxylation is 1. The van der Waals surface area contributed by atoms with Gasteiger partial charge in [-0.3, -0.25) is 0 Å². The van der Waals surface area contributed by atoms with Crippen LogP contribution in [-0.2, 0) is 6.61 Å². The zero-order valence-corrected chi connectivity index (χ0v) is 8.50. The van der Waals surface area contributed by atoms with Crippen LogP contribution in [0.15, 0.2) is 22.9 Å². The minimum Gasteiger partial charge on any atom is -0.443 e. The van der Waals surface area contributed by atoms with Crippen LogP contribution in [0.25, 0.3) is 11.3 Å². The van der Waals surface area contributed by atoms with Gasteiger partial charge in [0, 0.05) is 6.07 Å². The number of halogens is 2. The number of nitrogens with zero attached hydrogens (tertiary/aromatic N) is 1. The minimum absolute atomic E-state index is 0.0976. The van der Waals surface area contributed by atoms with Gasteiger partial charge in [-0.2, -0.15) is 0 Å². The summed E-state index contributed by atoms with van der Waals surface area (Å²) in [6.45, 7) is 1.16. The number of aliphatic hydroxyl groups is 1. The van der Waals surface area contributed by atoms with E-state index in [1.165, 1.54) is 13.0 Å². The van der Waals surface area contributed by atoms with Crippen LogP contribution in [0.5, 0.6) is 0 Å². The second-order valence-corrected chi connectivity index (χ2v) is 3.37. The van der Waals surface area contributed by atoms with Crippen molar-refractivity contribution in [3.8, 4) is 11.3 Å². The van der Waals surface area contributed by atoms with E-state index in [1.807, 2.05) is 0 Å². The summed E-state index contributed by atoms with van der Waals surface area (Å²) in [6, 6.07) is 2.11. The van der Waals surface area contributed by atoms with Gasteiger partial charge in [0.1, 0.15) is 17.3 Å². The largest absolute Gasteiger partial charge is 0.443 e. The monoisotopic (exact) mass is 225 g/mol. The molecule has 0 saturated heterocycles. The van der Waals surface area contributed by atoms with E-state index in [-0.39, 0.29) is 23.6 Å². The van der Waals surface area contributed by atoms with E-state index in [2.05, 4.69) is 4.98 Å². The molecule has 1 aromatic heterocycles. The Labute approximate surface area is 90.4 Å². The molecule has 0 fully saturated rings. The zero-order valence-electron chi connectivity index (χ0n) is 8.50. The molecule has 0 saturated carbocycles. The van der Waals surface area contributed by atoms with E-state index in [9.17, 15) is 8.78 Å². The molecule has 0 spiro atoms. The summed E-state index contributed by atoms with van der Waals surface area (Å²) in [4.78, 5) is 3.73. The van der Waals surface area contributed by atoms with Gasteiger partial charge in [-0.15, -0.1) is 0 Å². The Balaban J connectivity index is 2.60.